The zero-order valence-corrected chi connectivity index (χ0v) is 7.22. The minimum atomic E-state index is -0.128. The van der Waals surface area contributed by atoms with E-state index in [1.807, 2.05) is 6.07 Å². The summed E-state index contributed by atoms with van der Waals surface area (Å²) in [6.07, 6.45) is 0. The highest BCUT2D eigenvalue weighted by atomic mass is 35.5. The Morgan fingerprint density at radius 3 is 2.75 bits per heavy atom. The molecule has 0 atom stereocenters. The molecule has 12 heavy (non-hydrogen) atoms. The maximum atomic E-state index is 10.9. The molecule has 0 aliphatic carbocycles. The molecule has 0 saturated heterocycles. The summed E-state index contributed by atoms with van der Waals surface area (Å²) in [5.41, 5.74) is 0.736. The van der Waals surface area contributed by atoms with Crippen LogP contribution >= 0.6 is 11.6 Å². The second-order valence-electron chi connectivity index (χ2n) is 2.34. The van der Waals surface area contributed by atoms with Crippen molar-refractivity contribution >= 4 is 17.4 Å². The van der Waals surface area contributed by atoms with Gasteiger partial charge in [-0.2, -0.15) is 5.26 Å². The molecule has 0 spiro atoms. The number of nitrogens with zero attached hydrogens (tertiary/aromatic N) is 1. The Balaban J connectivity index is 3.35. The van der Waals surface area contributed by atoms with Crippen molar-refractivity contribution in [2.75, 3.05) is 0 Å². The van der Waals surface area contributed by atoms with Gasteiger partial charge in [0.25, 0.3) is 0 Å². The van der Waals surface area contributed by atoms with Crippen molar-refractivity contribution in [2.45, 2.75) is 6.92 Å². The van der Waals surface area contributed by atoms with Gasteiger partial charge in [0, 0.05) is 5.56 Å². The number of nitriles is 1. The van der Waals surface area contributed by atoms with E-state index in [4.69, 9.17) is 16.9 Å². The fourth-order valence-corrected chi connectivity index (χ4v) is 1.19. The van der Waals surface area contributed by atoms with Crippen molar-refractivity contribution in [2.24, 2.45) is 0 Å². The molecule has 0 aromatic heterocycles. The van der Waals surface area contributed by atoms with E-state index in [2.05, 4.69) is 0 Å². The van der Waals surface area contributed by atoms with Gasteiger partial charge < -0.3 is 0 Å². The number of hydrogen-bond donors (Lipinski definition) is 0. The van der Waals surface area contributed by atoms with Crippen molar-refractivity contribution < 1.29 is 4.79 Å². The molecule has 0 radical (unpaired) electrons. The molecule has 1 aromatic rings. The summed E-state index contributed by atoms with van der Waals surface area (Å²) in [7, 11) is 0. The minimum absolute atomic E-state index is 0.128. The maximum absolute atomic E-state index is 10.9. The average Bonchev–Trinajstić information content (AvgIpc) is 2.04. The molecule has 0 heterocycles. The number of hydrogen-bond acceptors (Lipinski definition) is 2. The van der Waals surface area contributed by atoms with Crippen LogP contribution in [0.3, 0.4) is 0 Å². The molecule has 0 saturated carbocycles. The number of rotatable bonds is 1. The molecule has 0 unspecified atom stereocenters. The predicted molar refractivity (Wildman–Crippen MR) is 46.2 cm³/mol. The van der Waals surface area contributed by atoms with Crippen LogP contribution in [0.2, 0.25) is 5.02 Å². The van der Waals surface area contributed by atoms with Crippen LogP contribution in [0.1, 0.15) is 22.8 Å². The fraction of sp³-hybridized carbons (Fsp3) is 0.111. The van der Waals surface area contributed by atoms with Gasteiger partial charge in [0.2, 0.25) is 0 Å². The highest BCUT2D eigenvalue weighted by Crippen LogP contribution is 2.20. The van der Waals surface area contributed by atoms with Gasteiger partial charge in [-0.15, -0.1) is 0 Å². The zero-order valence-electron chi connectivity index (χ0n) is 6.47. The fourth-order valence-electron chi connectivity index (χ4n) is 0.890. The first kappa shape index (κ1) is 8.76. The topological polar surface area (TPSA) is 40.9 Å². The van der Waals surface area contributed by atoms with Gasteiger partial charge >= 0.3 is 0 Å². The summed E-state index contributed by atoms with van der Waals surface area (Å²) in [5.74, 6) is -0.128. The Hall–Kier alpha value is -1.33. The van der Waals surface area contributed by atoms with Crippen LogP contribution < -0.4 is 0 Å². The molecule has 2 nitrogen and oxygen atoms in total. The van der Waals surface area contributed by atoms with Crippen molar-refractivity contribution in [1.82, 2.24) is 0 Å². The molecule has 0 fully saturated rings. The smallest absolute Gasteiger partial charge is 0.161 e. The van der Waals surface area contributed by atoms with Crippen molar-refractivity contribution in [3.05, 3.63) is 34.3 Å². The molecule has 60 valence electrons. The number of Topliss-reactive ketones (excluding diaryl/α,β-unsaturated/α-hetero) is 1. The molecule has 0 aliphatic heterocycles. The third kappa shape index (κ3) is 1.46. The summed E-state index contributed by atoms with van der Waals surface area (Å²) in [6, 6.07) is 6.73. The van der Waals surface area contributed by atoms with Gasteiger partial charge in [0.15, 0.2) is 5.78 Å². The average molecular weight is 180 g/mol. The lowest BCUT2D eigenvalue weighted by Gasteiger charge is -1.99. The van der Waals surface area contributed by atoms with Crippen molar-refractivity contribution in [1.29, 1.82) is 5.26 Å². The lowest BCUT2D eigenvalue weighted by molar-refractivity contribution is 0.101. The third-order valence-electron chi connectivity index (χ3n) is 1.50. The van der Waals surface area contributed by atoms with Gasteiger partial charge in [-0.25, -0.2) is 0 Å². The van der Waals surface area contributed by atoms with Crippen molar-refractivity contribution in [3.8, 4) is 6.07 Å². The first-order chi connectivity index (χ1) is 5.66. The van der Waals surface area contributed by atoms with E-state index in [0.717, 1.165) is 0 Å². The minimum Gasteiger partial charge on any atom is -0.294 e. The number of ketones is 1. The predicted octanol–water partition coefficient (Wildman–Crippen LogP) is 2.41. The standard InChI is InChI=1S/C9H6ClNO/c1-6(12)8-4-2-3-7(5-11)9(8)10/h2-4H,1H3. The molecule has 1 rings (SSSR count). The highest BCUT2D eigenvalue weighted by Gasteiger charge is 2.08. The molecule has 0 bridgehead atoms. The second-order valence-corrected chi connectivity index (χ2v) is 2.71. The number of carbonyl (C=O) groups excluding carboxylic acids is 1. The zero-order chi connectivity index (χ0) is 9.14. The van der Waals surface area contributed by atoms with Gasteiger partial charge in [-0.05, 0) is 19.1 Å². The van der Waals surface area contributed by atoms with Crippen LogP contribution in [0.25, 0.3) is 0 Å². The van der Waals surface area contributed by atoms with Crippen LogP contribution in [-0.2, 0) is 0 Å². The Morgan fingerprint density at radius 1 is 1.58 bits per heavy atom. The maximum Gasteiger partial charge on any atom is 0.161 e. The van der Waals surface area contributed by atoms with Gasteiger partial charge in [0.05, 0.1) is 10.6 Å². The number of halogens is 1. The highest BCUT2D eigenvalue weighted by molar-refractivity contribution is 6.34. The van der Waals surface area contributed by atoms with Crippen molar-refractivity contribution in [3.63, 3.8) is 0 Å². The van der Waals surface area contributed by atoms with E-state index in [1.54, 1.807) is 18.2 Å². The molecule has 0 amide bonds. The lowest BCUT2D eigenvalue weighted by atomic mass is 10.1. The molecule has 3 heteroatoms. The molecular weight excluding hydrogens is 174 g/mol. The Labute approximate surface area is 75.4 Å². The van der Waals surface area contributed by atoms with E-state index < -0.39 is 0 Å². The Kier molecular flexibility index (Phi) is 2.47. The van der Waals surface area contributed by atoms with E-state index in [1.165, 1.54) is 6.92 Å². The van der Waals surface area contributed by atoms with E-state index in [0.29, 0.717) is 11.1 Å². The van der Waals surface area contributed by atoms with Gasteiger partial charge in [-0.3, -0.25) is 4.79 Å². The number of benzene rings is 1. The van der Waals surface area contributed by atoms with Crippen LogP contribution in [0.4, 0.5) is 0 Å². The molecule has 0 aliphatic rings. The Bertz CT molecular complexity index is 365. The molecule has 0 N–H and O–H groups in total. The SMILES string of the molecule is CC(=O)c1cccc(C#N)c1Cl. The van der Waals surface area contributed by atoms with Gasteiger partial charge in [-0.1, -0.05) is 17.7 Å². The number of carbonyl (C=O) groups is 1. The van der Waals surface area contributed by atoms with E-state index in [-0.39, 0.29) is 10.8 Å². The second kappa shape index (κ2) is 3.38. The molecular formula is C9H6ClNO. The van der Waals surface area contributed by atoms with E-state index >= 15 is 0 Å². The first-order valence-corrected chi connectivity index (χ1v) is 3.74. The largest absolute Gasteiger partial charge is 0.294 e. The quantitative estimate of drug-likeness (QED) is 0.622. The van der Waals surface area contributed by atoms with E-state index in [9.17, 15) is 4.79 Å². The summed E-state index contributed by atoms with van der Waals surface area (Å²) in [6.45, 7) is 1.42. The lowest BCUT2D eigenvalue weighted by Crippen LogP contribution is -1.94. The summed E-state index contributed by atoms with van der Waals surface area (Å²) < 4.78 is 0. The van der Waals surface area contributed by atoms with Crippen LogP contribution in [0.15, 0.2) is 18.2 Å². The van der Waals surface area contributed by atoms with Gasteiger partial charge in [0.1, 0.15) is 6.07 Å². The Morgan fingerprint density at radius 2 is 2.25 bits per heavy atom. The summed E-state index contributed by atoms with van der Waals surface area (Å²) in [5, 5.41) is 8.82. The summed E-state index contributed by atoms with van der Waals surface area (Å²) in [4.78, 5) is 10.9. The molecule has 1 aromatic carbocycles. The summed E-state index contributed by atoms with van der Waals surface area (Å²) >= 11 is 5.76. The third-order valence-corrected chi connectivity index (χ3v) is 1.91. The first-order valence-electron chi connectivity index (χ1n) is 3.36. The van der Waals surface area contributed by atoms with Crippen LogP contribution in [0, 0.1) is 11.3 Å². The normalized spacial score (nSPS) is 9.08. The monoisotopic (exact) mass is 179 g/mol. The van der Waals surface area contributed by atoms with Crippen LogP contribution in [-0.4, -0.2) is 5.78 Å². The van der Waals surface area contributed by atoms with Crippen LogP contribution in [0.5, 0.6) is 0 Å².